The molecule has 0 radical (unpaired) electrons. The number of hydrogen-bond donors (Lipinski definition) is 0. The van der Waals surface area contributed by atoms with Crippen LogP contribution in [0.25, 0.3) is 10.9 Å². The summed E-state index contributed by atoms with van der Waals surface area (Å²) in [5.74, 6) is -0.0251. The monoisotopic (exact) mass is 440 g/mol. The van der Waals surface area contributed by atoms with Crippen LogP contribution in [0.2, 0.25) is 0 Å². The summed E-state index contributed by atoms with van der Waals surface area (Å²) in [6.07, 6.45) is 0. The van der Waals surface area contributed by atoms with E-state index in [4.69, 9.17) is 0 Å². The summed E-state index contributed by atoms with van der Waals surface area (Å²) >= 11 is -0.326. The number of amides is 1. The number of fused-ring (bicyclic) bond motifs is 1. The van der Waals surface area contributed by atoms with E-state index in [9.17, 15) is 9.59 Å². The van der Waals surface area contributed by atoms with Crippen molar-refractivity contribution in [3.8, 4) is 0 Å². The standard InChI is InChI=1S/C23H24N2O2Se/c1-16(2)14-25(17(3)26)15-20-19-12-8-9-13-21(19)24(4)22(20)23(27)28-18-10-6-5-7-11-18/h5-13H,1,14-15H2,2-4H3. The quantitative estimate of drug-likeness (QED) is 0.419. The first-order chi connectivity index (χ1) is 13.4. The minimum absolute atomic E-state index is 0.0251. The van der Waals surface area contributed by atoms with Gasteiger partial charge in [0.1, 0.15) is 0 Å². The number of para-hydroxylation sites is 1. The van der Waals surface area contributed by atoms with Crippen LogP contribution >= 0.6 is 0 Å². The van der Waals surface area contributed by atoms with Crippen molar-refractivity contribution in [2.45, 2.75) is 20.4 Å². The number of aryl methyl sites for hydroxylation is 1. The van der Waals surface area contributed by atoms with Crippen molar-refractivity contribution in [3.63, 3.8) is 0 Å². The zero-order valence-corrected chi connectivity index (χ0v) is 18.1. The van der Waals surface area contributed by atoms with Gasteiger partial charge in [-0.15, -0.1) is 0 Å². The van der Waals surface area contributed by atoms with Crippen LogP contribution in [-0.4, -0.2) is 41.6 Å². The van der Waals surface area contributed by atoms with E-state index in [2.05, 4.69) is 6.58 Å². The molecule has 0 spiro atoms. The number of carbonyl (C=O) groups is 2. The molecule has 0 unspecified atom stereocenters. The summed E-state index contributed by atoms with van der Waals surface area (Å²) in [4.78, 5) is 27.2. The summed E-state index contributed by atoms with van der Waals surface area (Å²) in [7, 11) is 1.93. The predicted octanol–water partition coefficient (Wildman–Crippen LogP) is 3.27. The molecule has 1 heterocycles. The fraction of sp³-hybridized carbons (Fsp3) is 0.217. The molecular formula is C23H24N2O2Se. The predicted molar refractivity (Wildman–Crippen MR) is 115 cm³/mol. The van der Waals surface area contributed by atoms with Gasteiger partial charge in [-0.25, -0.2) is 0 Å². The zero-order valence-electron chi connectivity index (χ0n) is 16.4. The van der Waals surface area contributed by atoms with Crippen LogP contribution in [0.4, 0.5) is 0 Å². The van der Waals surface area contributed by atoms with E-state index in [-0.39, 0.29) is 25.5 Å². The van der Waals surface area contributed by atoms with E-state index in [0.717, 1.165) is 26.5 Å². The second kappa shape index (κ2) is 8.59. The first-order valence-electron chi connectivity index (χ1n) is 9.12. The Morgan fingerprint density at radius 1 is 1.04 bits per heavy atom. The number of benzene rings is 2. The second-order valence-corrected chi connectivity index (χ2v) is 9.13. The number of hydrogen-bond acceptors (Lipinski definition) is 2. The molecule has 3 aromatic rings. The van der Waals surface area contributed by atoms with Gasteiger partial charge < -0.3 is 0 Å². The molecule has 1 amide bonds. The fourth-order valence-corrected chi connectivity index (χ4v) is 5.14. The molecule has 144 valence electrons. The Labute approximate surface area is 172 Å². The summed E-state index contributed by atoms with van der Waals surface area (Å²) in [6, 6.07) is 17.8. The molecule has 0 bridgehead atoms. The molecule has 4 nitrogen and oxygen atoms in total. The van der Waals surface area contributed by atoms with Crippen LogP contribution in [0.5, 0.6) is 0 Å². The Morgan fingerprint density at radius 2 is 1.68 bits per heavy atom. The van der Waals surface area contributed by atoms with Gasteiger partial charge in [-0.2, -0.15) is 0 Å². The van der Waals surface area contributed by atoms with Gasteiger partial charge in [0.05, 0.1) is 0 Å². The molecule has 0 aliphatic carbocycles. The van der Waals surface area contributed by atoms with Crippen LogP contribution in [0, 0.1) is 0 Å². The second-order valence-electron chi connectivity index (χ2n) is 6.94. The van der Waals surface area contributed by atoms with E-state index >= 15 is 0 Å². The van der Waals surface area contributed by atoms with Crippen LogP contribution in [0.3, 0.4) is 0 Å². The van der Waals surface area contributed by atoms with Gasteiger partial charge in [0.25, 0.3) is 0 Å². The first-order valence-corrected chi connectivity index (χ1v) is 10.8. The Hall–Kier alpha value is -2.62. The van der Waals surface area contributed by atoms with Gasteiger partial charge in [0.15, 0.2) is 0 Å². The number of carbonyl (C=O) groups excluding carboxylic acids is 2. The number of aromatic nitrogens is 1. The van der Waals surface area contributed by atoms with Crippen molar-refractivity contribution < 1.29 is 9.59 Å². The summed E-state index contributed by atoms with van der Waals surface area (Å²) in [5.41, 5.74) is 3.52. The van der Waals surface area contributed by atoms with E-state index < -0.39 is 0 Å². The van der Waals surface area contributed by atoms with Crippen molar-refractivity contribution in [3.05, 3.63) is 78.0 Å². The molecule has 0 fully saturated rings. The molecule has 0 saturated carbocycles. The van der Waals surface area contributed by atoms with Gasteiger partial charge >= 0.3 is 172 Å². The third-order valence-electron chi connectivity index (χ3n) is 4.61. The third kappa shape index (κ3) is 4.27. The Kier molecular flexibility index (Phi) is 6.18. The summed E-state index contributed by atoms with van der Waals surface area (Å²) in [5, 5.41) is 1.02. The minimum atomic E-state index is -0.326. The Bertz CT molecular complexity index is 1040. The van der Waals surface area contributed by atoms with Crippen molar-refractivity contribution in [1.29, 1.82) is 0 Å². The molecule has 0 N–H and O–H groups in total. The van der Waals surface area contributed by atoms with E-state index in [1.54, 1.807) is 11.8 Å². The maximum atomic E-state index is 13.3. The van der Waals surface area contributed by atoms with Crippen molar-refractivity contribution in [1.82, 2.24) is 9.47 Å². The third-order valence-corrected chi connectivity index (χ3v) is 6.47. The SMILES string of the molecule is C=C(C)CN(Cc1c(C(=O)[Se]c2ccccc2)n(C)c2ccccc12)C(C)=O. The summed E-state index contributed by atoms with van der Waals surface area (Å²) < 4.78 is 3.13. The van der Waals surface area contributed by atoms with Gasteiger partial charge in [-0.3, -0.25) is 0 Å². The molecule has 3 rings (SSSR count). The van der Waals surface area contributed by atoms with Gasteiger partial charge in [-0.05, 0) is 0 Å². The molecule has 5 heteroatoms. The Morgan fingerprint density at radius 3 is 2.32 bits per heavy atom. The van der Waals surface area contributed by atoms with Gasteiger partial charge in [0, 0.05) is 0 Å². The van der Waals surface area contributed by atoms with Crippen LogP contribution in [0.1, 0.15) is 29.9 Å². The zero-order chi connectivity index (χ0) is 20.3. The molecule has 0 aliphatic rings. The maximum absolute atomic E-state index is 13.3. The average molecular weight is 439 g/mol. The molecule has 1 aromatic heterocycles. The average Bonchev–Trinajstić information content (AvgIpc) is 2.94. The molecule has 0 aliphatic heterocycles. The number of rotatable bonds is 7. The topological polar surface area (TPSA) is 42.3 Å². The van der Waals surface area contributed by atoms with E-state index in [0.29, 0.717) is 18.8 Å². The molecule has 2 aromatic carbocycles. The van der Waals surface area contributed by atoms with Crippen molar-refractivity contribution in [2.24, 2.45) is 7.05 Å². The molecule has 28 heavy (non-hydrogen) atoms. The Balaban J connectivity index is 2.07. The molecule has 0 atom stereocenters. The molecular weight excluding hydrogens is 415 g/mol. The first kappa shape index (κ1) is 20.1. The molecule has 0 saturated heterocycles. The fourth-order valence-electron chi connectivity index (χ4n) is 3.33. The van der Waals surface area contributed by atoms with Crippen LogP contribution in [-0.2, 0) is 18.4 Å². The van der Waals surface area contributed by atoms with Crippen LogP contribution in [0.15, 0.2) is 66.7 Å². The van der Waals surface area contributed by atoms with Crippen molar-refractivity contribution in [2.75, 3.05) is 6.54 Å². The van der Waals surface area contributed by atoms with Gasteiger partial charge in [-0.1, -0.05) is 0 Å². The summed E-state index contributed by atoms with van der Waals surface area (Å²) in [6.45, 7) is 8.28. The van der Waals surface area contributed by atoms with Gasteiger partial charge in [0.2, 0.25) is 0 Å². The number of nitrogens with zero attached hydrogens (tertiary/aromatic N) is 2. The van der Waals surface area contributed by atoms with Crippen molar-refractivity contribution >= 4 is 40.9 Å². The van der Waals surface area contributed by atoms with Crippen LogP contribution < -0.4 is 4.46 Å². The van der Waals surface area contributed by atoms with E-state index in [1.165, 1.54) is 0 Å². The normalized spacial score (nSPS) is 10.8. The van der Waals surface area contributed by atoms with E-state index in [1.807, 2.05) is 73.1 Å².